The van der Waals surface area contributed by atoms with Crippen LogP contribution in [0.25, 0.3) is 44.3 Å². The molecule has 2 aromatic heterocycles. The maximum absolute atomic E-state index is 8.68. The van der Waals surface area contributed by atoms with Gasteiger partial charge >= 0.3 is 0 Å². The summed E-state index contributed by atoms with van der Waals surface area (Å²) >= 11 is 0. The molecule has 0 N–H and O–H groups in total. The van der Waals surface area contributed by atoms with Gasteiger partial charge in [-0.1, -0.05) is 63.2 Å². The number of benzene rings is 3. The summed E-state index contributed by atoms with van der Waals surface area (Å²) in [5.74, 6) is 0. The standard InChI is InChI=1S/C31H32NO/c1-20-16-21(2)27(28-15-14-22(19-32(28)6)18-31(3,4)5)17-26(20)25-12-9-11-24-23-10-7-8-13-29(23)33-30(24)25/h7-17,19H,18H2,1-6H3/q+1/i1D3,18D2. The van der Waals surface area contributed by atoms with Gasteiger partial charge in [0.2, 0.25) is 5.69 Å². The lowest BCUT2D eigenvalue weighted by atomic mass is 9.88. The third-order valence-corrected chi connectivity index (χ3v) is 5.99. The molecule has 0 atom stereocenters. The number of nitrogens with zero attached hydrogens (tertiary/aromatic N) is 1. The fourth-order valence-electron chi connectivity index (χ4n) is 4.56. The summed E-state index contributed by atoms with van der Waals surface area (Å²) < 4.78 is 50.4. The van der Waals surface area contributed by atoms with Crippen molar-refractivity contribution in [2.45, 2.75) is 40.9 Å². The van der Waals surface area contributed by atoms with E-state index in [9.17, 15) is 0 Å². The lowest BCUT2D eigenvalue weighted by molar-refractivity contribution is -0.660. The molecule has 0 radical (unpaired) electrons. The Morgan fingerprint density at radius 2 is 1.67 bits per heavy atom. The van der Waals surface area contributed by atoms with Gasteiger partial charge in [0.1, 0.15) is 18.2 Å². The Balaban J connectivity index is 1.75. The summed E-state index contributed by atoms with van der Waals surface area (Å²) in [6, 6.07) is 21.1. The lowest BCUT2D eigenvalue weighted by Gasteiger charge is -2.17. The minimum Gasteiger partial charge on any atom is -0.455 e. The van der Waals surface area contributed by atoms with E-state index in [1.165, 1.54) is 0 Å². The first-order chi connectivity index (χ1) is 17.7. The fourth-order valence-corrected chi connectivity index (χ4v) is 4.56. The highest BCUT2D eigenvalue weighted by Crippen LogP contribution is 2.38. The van der Waals surface area contributed by atoms with Gasteiger partial charge in [-0.15, -0.1) is 0 Å². The van der Waals surface area contributed by atoms with Crippen LogP contribution in [0.15, 0.2) is 77.3 Å². The van der Waals surface area contributed by atoms with E-state index >= 15 is 0 Å². The van der Waals surface area contributed by atoms with Gasteiger partial charge < -0.3 is 4.42 Å². The molecule has 0 amide bonds. The van der Waals surface area contributed by atoms with Crippen molar-refractivity contribution in [2.75, 3.05) is 0 Å². The quantitative estimate of drug-likeness (QED) is 0.261. The molecular weight excluding hydrogens is 402 g/mol. The first-order valence-corrected chi connectivity index (χ1v) is 11.3. The first kappa shape index (κ1) is 16.3. The molecule has 166 valence electrons. The van der Waals surface area contributed by atoms with Gasteiger partial charge in [0.05, 0.1) is 0 Å². The van der Waals surface area contributed by atoms with E-state index < -0.39 is 18.6 Å². The minimum atomic E-state index is -2.32. The number of fused-ring (bicyclic) bond motifs is 3. The van der Waals surface area contributed by atoms with Crippen LogP contribution in [0.1, 0.15) is 44.3 Å². The largest absolute Gasteiger partial charge is 0.455 e. The van der Waals surface area contributed by atoms with E-state index in [0.29, 0.717) is 16.7 Å². The van der Waals surface area contributed by atoms with E-state index in [1.807, 2.05) is 106 Å². The fraction of sp³-hybridized carbons (Fsp3) is 0.258. The molecule has 2 heteroatoms. The van der Waals surface area contributed by atoms with Crippen LogP contribution in [0.5, 0.6) is 0 Å². The van der Waals surface area contributed by atoms with Crippen LogP contribution in [-0.4, -0.2) is 0 Å². The summed E-state index contributed by atoms with van der Waals surface area (Å²) in [6.07, 6.45) is 0.308. The van der Waals surface area contributed by atoms with Crippen LogP contribution < -0.4 is 4.57 Å². The van der Waals surface area contributed by atoms with Crippen LogP contribution in [0, 0.1) is 19.2 Å². The van der Waals surface area contributed by atoms with Crippen LogP contribution in [0.3, 0.4) is 0 Å². The molecule has 0 unspecified atom stereocenters. The molecule has 5 aromatic rings. The molecule has 3 aromatic carbocycles. The van der Waals surface area contributed by atoms with Crippen molar-refractivity contribution in [3.8, 4) is 22.4 Å². The summed E-state index contributed by atoms with van der Waals surface area (Å²) in [5, 5.41) is 1.93. The van der Waals surface area contributed by atoms with E-state index in [1.54, 1.807) is 6.07 Å². The van der Waals surface area contributed by atoms with Gasteiger partial charge in [-0.05, 0) is 60.5 Å². The van der Waals surface area contributed by atoms with Crippen LogP contribution in [-0.2, 0) is 13.4 Å². The topological polar surface area (TPSA) is 17.0 Å². The second-order valence-electron chi connectivity index (χ2n) is 9.78. The maximum atomic E-state index is 8.68. The molecule has 0 aliphatic rings. The van der Waals surface area contributed by atoms with Crippen molar-refractivity contribution < 1.29 is 15.8 Å². The van der Waals surface area contributed by atoms with Gasteiger partial charge in [-0.25, -0.2) is 4.57 Å². The average molecular weight is 440 g/mol. The lowest BCUT2D eigenvalue weighted by Crippen LogP contribution is -2.32. The zero-order valence-corrected chi connectivity index (χ0v) is 19.8. The second kappa shape index (κ2) is 7.88. The third kappa shape index (κ3) is 3.95. The van der Waals surface area contributed by atoms with Gasteiger partial charge in [0.15, 0.2) is 6.20 Å². The smallest absolute Gasteiger partial charge is 0.212 e. The summed E-state index contributed by atoms with van der Waals surface area (Å²) in [4.78, 5) is 0. The number of hydrogen-bond acceptors (Lipinski definition) is 1. The number of pyridine rings is 1. The number of hydrogen-bond donors (Lipinski definition) is 0. The highest BCUT2D eigenvalue weighted by Gasteiger charge is 2.20. The molecule has 0 spiro atoms. The minimum absolute atomic E-state index is 0.273. The van der Waals surface area contributed by atoms with E-state index in [2.05, 4.69) is 0 Å². The molecule has 5 rings (SSSR count). The highest BCUT2D eigenvalue weighted by atomic mass is 16.3. The van der Waals surface area contributed by atoms with Crippen molar-refractivity contribution in [2.24, 2.45) is 12.5 Å². The number of furan rings is 1. The van der Waals surface area contributed by atoms with Crippen molar-refractivity contribution in [3.63, 3.8) is 0 Å². The molecule has 2 nitrogen and oxygen atoms in total. The number of para-hydroxylation sites is 2. The Morgan fingerprint density at radius 1 is 0.879 bits per heavy atom. The van der Waals surface area contributed by atoms with Crippen molar-refractivity contribution in [1.82, 2.24) is 0 Å². The third-order valence-electron chi connectivity index (χ3n) is 5.99. The predicted molar refractivity (Wildman–Crippen MR) is 138 cm³/mol. The van der Waals surface area contributed by atoms with Crippen molar-refractivity contribution in [1.29, 1.82) is 0 Å². The van der Waals surface area contributed by atoms with Crippen LogP contribution >= 0.6 is 0 Å². The molecule has 0 aliphatic heterocycles. The van der Waals surface area contributed by atoms with Gasteiger partial charge in [-0.2, -0.15) is 0 Å². The van der Waals surface area contributed by atoms with Gasteiger partial charge in [-0.3, -0.25) is 0 Å². The Kier molecular flexibility index (Phi) is 3.88. The van der Waals surface area contributed by atoms with E-state index in [4.69, 9.17) is 11.3 Å². The molecule has 0 saturated heterocycles. The monoisotopic (exact) mass is 439 g/mol. The molecule has 0 fully saturated rings. The maximum Gasteiger partial charge on any atom is 0.212 e. The Bertz CT molecular complexity index is 1690. The zero-order chi connectivity index (χ0) is 27.6. The average Bonchev–Trinajstić information content (AvgIpc) is 3.22. The zero-order valence-electron chi connectivity index (χ0n) is 24.8. The van der Waals surface area contributed by atoms with Gasteiger partial charge in [0, 0.05) is 40.4 Å². The van der Waals surface area contributed by atoms with Crippen LogP contribution in [0.4, 0.5) is 0 Å². The van der Waals surface area contributed by atoms with Gasteiger partial charge in [0.25, 0.3) is 0 Å². The summed E-state index contributed by atoms with van der Waals surface area (Å²) in [7, 11) is 1.90. The Labute approximate surface area is 203 Å². The number of aromatic nitrogens is 1. The second-order valence-corrected chi connectivity index (χ2v) is 9.78. The first-order valence-electron chi connectivity index (χ1n) is 13.8. The van der Waals surface area contributed by atoms with Crippen molar-refractivity contribution in [3.05, 3.63) is 89.6 Å². The summed E-state index contributed by atoms with van der Waals surface area (Å²) in [6.45, 7) is 5.27. The van der Waals surface area contributed by atoms with Crippen LogP contribution in [0.2, 0.25) is 0 Å². The normalized spacial score (nSPS) is 15.1. The molecular formula is C31H32NO+. The molecule has 33 heavy (non-hydrogen) atoms. The predicted octanol–water partition coefficient (Wildman–Crippen LogP) is 7.95. The molecule has 0 aliphatic carbocycles. The Hall–Kier alpha value is -3.39. The molecule has 0 bridgehead atoms. The highest BCUT2D eigenvalue weighted by molar-refractivity contribution is 6.09. The SMILES string of the molecule is [2H]C([2H])([2H])c1cc(C)c(-c2ccc(C([2H])([2H])C(C)(C)C)c[n+]2C)cc1-c1cccc2c1oc1ccccc12. The summed E-state index contributed by atoms with van der Waals surface area (Å²) in [5.41, 5.74) is 5.63. The molecule has 0 saturated carbocycles. The number of rotatable bonds is 3. The number of aryl methyl sites for hydroxylation is 3. The van der Waals surface area contributed by atoms with E-state index in [0.717, 1.165) is 38.7 Å². The van der Waals surface area contributed by atoms with Crippen molar-refractivity contribution >= 4 is 21.9 Å². The Morgan fingerprint density at radius 3 is 2.42 bits per heavy atom. The molecule has 2 heterocycles. The van der Waals surface area contributed by atoms with E-state index in [-0.39, 0.29) is 5.56 Å².